The Hall–Kier alpha value is -0.340. The van der Waals surface area contributed by atoms with Gasteiger partial charge in [-0.15, -0.1) is 6.58 Å². The third kappa shape index (κ3) is 6.38. The summed E-state index contributed by atoms with van der Waals surface area (Å²) in [6.07, 6.45) is 4.16. The molecule has 0 bridgehead atoms. The monoisotopic (exact) mass is 172 g/mol. The fourth-order valence-electron chi connectivity index (χ4n) is 1.25. The molecule has 0 heterocycles. The number of hydrogen-bond donors (Lipinski definition) is 1. The van der Waals surface area contributed by atoms with E-state index in [9.17, 15) is 5.11 Å². The summed E-state index contributed by atoms with van der Waals surface area (Å²) in [5.41, 5.74) is 0. The van der Waals surface area contributed by atoms with Gasteiger partial charge in [-0.2, -0.15) is 0 Å². The van der Waals surface area contributed by atoms with E-state index in [1.54, 1.807) is 7.11 Å². The number of ether oxygens (including phenoxy) is 1. The second kappa shape index (κ2) is 7.32. The van der Waals surface area contributed by atoms with E-state index in [0.717, 1.165) is 25.9 Å². The lowest BCUT2D eigenvalue weighted by molar-refractivity contribution is 0.0971. The van der Waals surface area contributed by atoms with Crippen LogP contribution in [-0.4, -0.2) is 24.9 Å². The van der Waals surface area contributed by atoms with E-state index in [1.165, 1.54) is 0 Å². The molecule has 0 aromatic rings. The third-order valence-electron chi connectivity index (χ3n) is 1.83. The normalized spacial score (nSPS) is 15.6. The van der Waals surface area contributed by atoms with E-state index in [2.05, 4.69) is 13.5 Å². The van der Waals surface area contributed by atoms with E-state index in [0.29, 0.717) is 5.92 Å². The van der Waals surface area contributed by atoms with E-state index in [1.807, 2.05) is 6.08 Å². The third-order valence-corrected chi connectivity index (χ3v) is 1.83. The fourth-order valence-corrected chi connectivity index (χ4v) is 1.25. The van der Waals surface area contributed by atoms with Crippen LogP contribution in [0, 0.1) is 5.92 Å². The summed E-state index contributed by atoms with van der Waals surface area (Å²) in [5.74, 6) is 0.440. The van der Waals surface area contributed by atoms with E-state index >= 15 is 0 Å². The van der Waals surface area contributed by atoms with Crippen LogP contribution in [0.4, 0.5) is 0 Å². The van der Waals surface area contributed by atoms with Gasteiger partial charge in [-0.05, 0) is 25.2 Å². The average Bonchev–Trinajstić information content (AvgIpc) is 2.01. The molecule has 0 aromatic carbocycles. The van der Waals surface area contributed by atoms with Crippen molar-refractivity contribution in [3.8, 4) is 0 Å². The van der Waals surface area contributed by atoms with Crippen molar-refractivity contribution in [2.75, 3.05) is 13.7 Å². The molecular weight excluding hydrogens is 152 g/mol. The predicted octanol–water partition coefficient (Wildman–Crippen LogP) is 1.99. The van der Waals surface area contributed by atoms with Crippen molar-refractivity contribution in [3.63, 3.8) is 0 Å². The van der Waals surface area contributed by atoms with E-state index < -0.39 is 0 Å². The van der Waals surface area contributed by atoms with Crippen molar-refractivity contribution >= 4 is 0 Å². The van der Waals surface area contributed by atoms with E-state index in [-0.39, 0.29) is 6.10 Å². The van der Waals surface area contributed by atoms with Gasteiger partial charge in [-0.3, -0.25) is 0 Å². The number of rotatable bonds is 7. The standard InChI is InChI=1S/C10H20O2/c1-4-5-6-10(11)7-9(2)8-12-3/h4,9-11H,1,5-8H2,2-3H3. The molecule has 12 heavy (non-hydrogen) atoms. The molecule has 2 atom stereocenters. The molecule has 2 unspecified atom stereocenters. The minimum Gasteiger partial charge on any atom is -0.393 e. The van der Waals surface area contributed by atoms with Crippen LogP contribution in [0.2, 0.25) is 0 Å². The molecule has 0 radical (unpaired) electrons. The van der Waals surface area contributed by atoms with Crippen molar-refractivity contribution in [3.05, 3.63) is 12.7 Å². The van der Waals surface area contributed by atoms with Gasteiger partial charge in [0.1, 0.15) is 0 Å². The van der Waals surface area contributed by atoms with Gasteiger partial charge in [0.15, 0.2) is 0 Å². The predicted molar refractivity (Wildman–Crippen MR) is 51.1 cm³/mol. The Kier molecular flexibility index (Phi) is 7.11. The summed E-state index contributed by atoms with van der Waals surface area (Å²) < 4.78 is 4.98. The zero-order valence-electron chi connectivity index (χ0n) is 8.12. The van der Waals surface area contributed by atoms with Crippen LogP contribution in [0.5, 0.6) is 0 Å². The highest BCUT2D eigenvalue weighted by Crippen LogP contribution is 2.10. The maximum absolute atomic E-state index is 9.47. The second-order valence-electron chi connectivity index (χ2n) is 3.32. The number of methoxy groups -OCH3 is 1. The first-order chi connectivity index (χ1) is 5.70. The molecule has 0 aliphatic carbocycles. The van der Waals surface area contributed by atoms with Gasteiger partial charge in [0.2, 0.25) is 0 Å². The van der Waals surface area contributed by atoms with Crippen molar-refractivity contribution < 1.29 is 9.84 Å². The topological polar surface area (TPSA) is 29.5 Å². The number of allylic oxidation sites excluding steroid dienone is 1. The van der Waals surface area contributed by atoms with Gasteiger partial charge in [-0.1, -0.05) is 13.0 Å². The summed E-state index contributed by atoms with van der Waals surface area (Å²) in [4.78, 5) is 0. The summed E-state index contributed by atoms with van der Waals surface area (Å²) in [6, 6.07) is 0. The molecular formula is C10H20O2. The smallest absolute Gasteiger partial charge is 0.0546 e. The molecule has 0 aromatic heterocycles. The van der Waals surface area contributed by atoms with Crippen LogP contribution in [-0.2, 0) is 4.74 Å². The summed E-state index contributed by atoms with van der Waals surface area (Å²) in [6.45, 7) is 6.42. The van der Waals surface area contributed by atoms with Crippen LogP contribution < -0.4 is 0 Å². The molecule has 0 spiro atoms. The first kappa shape index (κ1) is 11.7. The molecule has 0 saturated carbocycles. The lowest BCUT2D eigenvalue weighted by Crippen LogP contribution is -2.14. The van der Waals surface area contributed by atoms with Gasteiger partial charge in [0.05, 0.1) is 6.10 Å². The largest absolute Gasteiger partial charge is 0.393 e. The average molecular weight is 172 g/mol. The Labute approximate surface area is 75.2 Å². The number of hydrogen-bond acceptors (Lipinski definition) is 2. The molecule has 0 aliphatic heterocycles. The quantitative estimate of drug-likeness (QED) is 0.595. The molecule has 2 nitrogen and oxygen atoms in total. The molecule has 72 valence electrons. The van der Waals surface area contributed by atoms with Gasteiger partial charge in [0, 0.05) is 13.7 Å². The highest BCUT2D eigenvalue weighted by molar-refractivity contribution is 4.70. The molecule has 0 rings (SSSR count). The van der Waals surface area contributed by atoms with E-state index in [4.69, 9.17) is 4.74 Å². The van der Waals surface area contributed by atoms with Gasteiger partial charge >= 0.3 is 0 Å². The zero-order chi connectivity index (χ0) is 9.40. The molecule has 0 aliphatic rings. The zero-order valence-corrected chi connectivity index (χ0v) is 8.12. The van der Waals surface area contributed by atoms with Crippen molar-refractivity contribution in [2.45, 2.75) is 32.3 Å². The van der Waals surface area contributed by atoms with Crippen molar-refractivity contribution in [1.82, 2.24) is 0 Å². The van der Waals surface area contributed by atoms with Gasteiger partial charge < -0.3 is 9.84 Å². The lowest BCUT2D eigenvalue weighted by atomic mass is 10.0. The SMILES string of the molecule is C=CCCC(O)CC(C)COC. The van der Waals surface area contributed by atoms with Crippen molar-refractivity contribution in [1.29, 1.82) is 0 Å². The first-order valence-electron chi connectivity index (χ1n) is 4.48. The number of aliphatic hydroxyl groups excluding tert-OH is 1. The first-order valence-corrected chi connectivity index (χ1v) is 4.48. The molecule has 1 N–H and O–H groups in total. The molecule has 0 fully saturated rings. The Morgan fingerprint density at radius 3 is 2.75 bits per heavy atom. The van der Waals surface area contributed by atoms with Crippen LogP contribution in [0.25, 0.3) is 0 Å². The van der Waals surface area contributed by atoms with Crippen LogP contribution in [0.3, 0.4) is 0 Å². The maximum atomic E-state index is 9.47. The summed E-state index contributed by atoms with van der Waals surface area (Å²) >= 11 is 0. The molecule has 2 heteroatoms. The van der Waals surface area contributed by atoms with Crippen LogP contribution in [0.1, 0.15) is 26.2 Å². The lowest BCUT2D eigenvalue weighted by Gasteiger charge is -2.14. The molecule has 0 saturated heterocycles. The van der Waals surface area contributed by atoms with Gasteiger partial charge in [-0.25, -0.2) is 0 Å². The summed E-state index contributed by atoms with van der Waals surface area (Å²) in [5, 5.41) is 9.47. The van der Waals surface area contributed by atoms with Crippen LogP contribution in [0.15, 0.2) is 12.7 Å². The Morgan fingerprint density at radius 2 is 2.25 bits per heavy atom. The maximum Gasteiger partial charge on any atom is 0.0546 e. The fraction of sp³-hybridized carbons (Fsp3) is 0.800. The van der Waals surface area contributed by atoms with Crippen LogP contribution >= 0.6 is 0 Å². The minimum atomic E-state index is -0.201. The Bertz CT molecular complexity index is 112. The summed E-state index contributed by atoms with van der Waals surface area (Å²) in [7, 11) is 1.69. The van der Waals surface area contributed by atoms with Crippen molar-refractivity contribution in [2.24, 2.45) is 5.92 Å². The second-order valence-corrected chi connectivity index (χ2v) is 3.32. The Balaban J connectivity index is 3.39. The highest BCUT2D eigenvalue weighted by atomic mass is 16.5. The Morgan fingerprint density at radius 1 is 1.58 bits per heavy atom. The minimum absolute atomic E-state index is 0.201. The molecule has 0 amide bonds. The van der Waals surface area contributed by atoms with Gasteiger partial charge in [0.25, 0.3) is 0 Å². The number of aliphatic hydroxyl groups is 1. The highest BCUT2D eigenvalue weighted by Gasteiger charge is 2.08.